The van der Waals surface area contributed by atoms with Crippen LogP contribution in [0.1, 0.15) is 30.9 Å². The first-order valence-corrected chi connectivity index (χ1v) is 10.4. The number of nitrogens with zero attached hydrogens (tertiary/aromatic N) is 3. The van der Waals surface area contributed by atoms with Gasteiger partial charge in [-0.15, -0.1) is 0 Å². The van der Waals surface area contributed by atoms with Gasteiger partial charge in [0.15, 0.2) is 5.96 Å². The van der Waals surface area contributed by atoms with Gasteiger partial charge in [-0.3, -0.25) is 9.59 Å². The van der Waals surface area contributed by atoms with Crippen molar-refractivity contribution in [3.8, 4) is 0 Å². The van der Waals surface area contributed by atoms with E-state index in [9.17, 15) is 9.59 Å². The third-order valence-corrected chi connectivity index (χ3v) is 5.35. The molecule has 1 N–H and O–H groups in total. The Labute approximate surface area is 177 Å². The molecule has 30 heavy (non-hydrogen) atoms. The predicted molar refractivity (Wildman–Crippen MR) is 117 cm³/mol. The first-order chi connectivity index (χ1) is 14.6. The van der Waals surface area contributed by atoms with Crippen molar-refractivity contribution in [1.29, 1.82) is 0 Å². The summed E-state index contributed by atoms with van der Waals surface area (Å²) in [4.78, 5) is 30.6. The molecule has 1 aromatic heterocycles. The number of hydrogen-bond acceptors (Lipinski definition) is 4. The zero-order valence-corrected chi connectivity index (χ0v) is 17.7. The van der Waals surface area contributed by atoms with Crippen molar-refractivity contribution in [3.63, 3.8) is 0 Å². The van der Waals surface area contributed by atoms with E-state index in [0.29, 0.717) is 13.1 Å². The molecule has 1 aliphatic heterocycles. The molecule has 0 aliphatic carbocycles. The van der Waals surface area contributed by atoms with Crippen LogP contribution in [-0.2, 0) is 22.6 Å². The third kappa shape index (κ3) is 5.72. The second-order valence-corrected chi connectivity index (χ2v) is 7.44. The van der Waals surface area contributed by atoms with Gasteiger partial charge in [-0.1, -0.05) is 30.3 Å². The summed E-state index contributed by atoms with van der Waals surface area (Å²) in [6.07, 6.45) is 3.36. The molecule has 0 amide bonds. The molecule has 160 valence electrons. The lowest BCUT2D eigenvalue weighted by molar-refractivity contribution is -0.146. The molecule has 2 heterocycles. The van der Waals surface area contributed by atoms with E-state index in [2.05, 4.69) is 29.3 Å². The molecule has 7 nitrogen and oxygen atoms in total. The monoisotopic (exact) mass is 410 g/mol. The van der Waals surface area contributed by atoms with Crippen LogP contribution in [0.3, 0.4) is 0 Å². The summed E-state index contributed by atoms with van der Waals surface area (Å²) in [7, 11) is 1.45. The number of ether oxygens (including phenoxy) is 1. The zero-order valence-electron chi connectivity index (χ0n) is 17.7. The molecule has 0 atom stereocenters. The Hall–Kier alpha value is -3.09. The second kappa shape index (κ2) is 10.6. The van der Waals surface area contributed by atoms with Crippen molar-refractivity contribution in [2.24, 2.45) is 10.9 Å². The molecular weight excluding hydrogens is 380 g/mol. The van der Waals surface area contributed by atoms with Gasteiger partial charge < -0.3 is 19.5 Å². The highest BCUT2D eigenvalue weighted by atomic mass is 16.5. The summed E-state index contributed by atoms with van der Waals surface area (Å²) < 4.78 is 6.56. The molecule has 1 saturated heterocycles. The summed E-state index contributed by atoms with van der Waals surface area (Å²) in [5.74, 6) is 0.744. The van der Waals surface area contributed by atoms with E-state index >= 15 is 0 Å². The molecule has 0 unspecified atom stereocenters. The van der Waals surface area contributed by atoms with Crippen LogP contribution >= 0.6 is 0 Å². The smallest absolute Gasteiger partial charge is 0.308 e. The lowest BCUT2D eigenvalue weighted by Crippen LogP contribution is -2.46. The number of nitrogens with one attached hydrogen (secondary N) is 1. The standard InChI is InChI=1S/C23H30N4O3/c1-3-24-23(26-14-11-20(12-15-26)22(29)30-2)25-16-18-7-9-19(10-8-18)17-27-13-5-4-6-21(27)28/h4-10,13,20H,3,11-12,14-17H2,1-2H3,(H,24,25). The van der Waals surface area contributed by atoms with Gasteiger partial charge in [0.25, 0.3) is 5.56 Å². The number of methoxy groups -OCH3 is 1. The van der Waals surface area contributed by atoms with Crippen LogP contribution in [0.2, 0.25) is 0 Å². The number of pyridine rings is 1. The number of aromatic nitrogens is 1. The van der Waals surface area contributed by atoms with E-state index in [1.54, 1.807) is 22.9 Å². The number of esters is 1. The van der Waals surface area contributed by atoms with Crippen LogP contribution in [0.5, 0.6) is 0 Å². The van der Waals surface area contributed by atoms with Gasteiger partial charge >= 0.3 is 5.97 Å². The van der Waals surface area contributed by atoms with Crippen LogP contribution in [0, 0.1) is 5.92 Å². The Morgan fingerprint density at radius 2 is 1.83 bits per heavy atom. The van der Waals surface area contributed by atoms with Crippen molar-refractivity contribution < 1.29 is 9.53 Å². The number of likely N-dealkylation sites (tertiary alicyclic amines) is 1. The summed E-state index contributed by atoms with van der Waals surface area (Å²) in [5, 5.41) is 3.35. The van der Waals surface area contributed by atoms with Crippen molar-refractivity contribution in [3.05, 3.63) is 70.1 Å². The van der Waals surface area contributed by atoms with Gasteiger partial charge in [0.05, 0.1) is 26.1 Å². The average molecular weight is 411 g/mol. The molecular formula is C23H30N4O3. The number of rotatable bonds is 6. The molecule has 0 spiro atoms. The van der Waals surface area contributed by atoms with Crippen LogP contribution in [0.25, 0.3) is 0 Å². The number of carbonyl (C=O) groups is 1. The second-order valence-electron chi connectivity index (χ2n) is 7.44. The first-order valence-electron chi connectivity index (χ1n) is 10.4. The van der Waals surface area contributed by atoms with Crippen LogP contribution in [0.15, 0.2) is 58.4 Å². The molecule has 0 bridgehead atoms. The minimum atomic E-state index is -0.116. The fourth-order valence-electron chi connectivity index (χ4n) is 3.62. The quantitative estimate of drug-likeness (QED) is 0.449. The van der Waals surface area contributed by atoms with Crippen molar-refractivity contribution in [2.75, 3.05) is 26.7 Å². The SMILES string of the molecule is CCNC(=NCc1ccc(Cn2ccccc2=O)cc1)N1CCC(C(=O)OC)CC1. The lowest BCUT2D eigenvalue weighted by Gasteiger charge is -2.33. The van der Waals surface area contributed by atoms with Crippen molar-refractivity contribution in [2.45, 2.75) is 32.9 Å². The van der Waals surface area contributed by atoms with Crippen LogP contribution in [-0.4, -0.2) is 48.1 Å². The number of carbonyl (C=O) groups excluding carboxylic acids is 1. The highest BCUT2D eigenvalue weighted by Gasteiger charge is 2.26. The largest absolute Gasteiger partial charge is 0.469 e. The van der Waals surface area contributed by atoms with Gasteiger partial charge in [0.2, 0.25) is 0 Å². The molecule has 0 radical (unpaired) electrons. The van der Waals surface area contributed by atoms with Crippen LogP contribution in [0.4, 0.5) is 0 Å². The van der Waals surface area contributed by atoms with E-state index in [0.717, 1.165) is 49.6 Å². The predicted octanol–water partition coefficient (Wildman–Crippen LogP) is 2.25. The van der Waals surface area contributed by atoms with E-state index in [1.807, 2.05) is 18.2 Å². The number of benzene rings is 1. The van der Waals surface area contributed by atoms with Gasteiger partial charge in [0, 0.05) is 31.9 Å². The number of guanidine groups is 1. The molecule has 1 aliphatic rings. The minimum absolute atomic E-state index is 0.00238. The maximum Gasteiger partial charge on any atom is 0.308 e. The molecule has 7 heteroatoms. The van der Waals surface area contributed by atoms with Gasteiger partial charge in [-0.05, 0) is 37.0 Å². The molecule has 1 aromatic carbocycles. The van der Waals surface area contributed by atoms with Crippen molar-refractivity contribution in [1.82, 2.24) is 14.8 Å². The normalized spacial score (nSPS) is 15.1. The summed E-state index contributed by atoms with van der Waals surface area (Å²) in [5.41, 5.74) is 2.18. The number of hydrogen-bond donors (Lipinski definition) is 1. The zero-order chi connectivity index (χ0) is 21.3. The Morgan fingerprint density at radius 3 is 2.47 bits per heavy atom. The molecule has 2 aromatic rings. The maximum absolute atomic E-state index is 11.9. The Kier molecular flexibility index (Phi) is 7.65. The topological polar surface area (TPSA) is 75.9 Å². The van der Waals surface area contributed by atoms with E-state index in [1.165, 1.54) is 7.11 Å². The van der Waals surface area contributed by atoms with E-state index in [4.69, 9.17) is 9.73 Å². The maximum atomic E-state index is 11.9. The Bertz CT molecular complexity index is 913. The number of aliphatic imine (C=N–C) groups is 1. The average Bonchev–Trinajstić information content (AvgIpc) is 2.79. The first kappa shape index (κ1) is 21.6. The minimum Gasteiger partial charge on any atom is -0.469 e. The van der Waals surface area contributed by atoms with Crippen LogP contribution < -0.4 is 10.9 Å². The molecule has 0 saturated carbocycles. The highest BCUT2D eigenvalue weighted by Crippen LogP contribution is 2.18. The fraction of sp³-hybridized carbons (Fsp3) is 0.435. The summed E-state index contributed by atoms with van der Waals surface area (Å²) in [6, 6.07) is 13.4. The molecule has 1 fully saturated rings. The molecule has 3 rings (SSSR count). The fourth-order valence-corrected chi connectivity index (χ4v) is 3.62. The number of piperidine rings is 1. The van der Waals surface area contributed by atoms with E-state index < -0.39 is 0 Å². The summed E-state index contributed by atoms with van der Waals surface area (Å²) >= 11 is 0. The highest BCUT2D eigenvalue weighted by molar-refractivity contribution is 5.80. The van der Waals surface area contributed by atoms with Gasteiger partial charge in [0.1, 0.15) is 0 Å². The van der Waals surface area contributed by atoms with Crippen molar-refractivity contribution >= 4 is 11.9 Å². The third-order valence-electron chi connectivity index (χ3n) is 5.35. The summed E-state index contributed by atoms with van der Waals surface area (Å²) in [6.45, 7) is 5.55. The Balaban J connectivity index is 1.60. The van der Waals surface area contributed by atoms with Gasteiger partial charge in [-0.2, -0.15) is 0 Å². The van der Waals surface area contributed by atoms with Gasteiger partial charge in [-0.25, -0.2) is 4.99 Å². The van der Waals surface area contributed by atoms with E-state index in [-0.39, 0.29) is 17.4 Å². The lowest BCUT2D eigenvalue weighted by atomic mass is 9.97. The Morgan fingerprint density at radius 1 is 1.13 bits per heavy atom.